The van der Waals surface area contributed by atoms with E-state index in [0.29, 0.717) is 11.5 Å². The maximum Gasteiger partial charge on any atom is 0.221 e. The first-order valence-electron chi connectivity index (χ1n) is 5.44. The summed E-state index contributed by atoms with van der Waals surface area (Å²) in [5.74, 6) is 0.575. The molecule has 0 fully saturated rings. The molecule has 1 aliphatic rings. The van der Waals surface area contributed by atoms with Gasteiger partial charge in [0.05, 0.1) is 5.56 Å². The molecule has 0 bridgehead atoms. The van der Waals surface area contributed by atoms with E-state index in [2.05, 4.69) is 18.3 Å². The minimum atomic E-state index is -0.108. The molecule has 84 valence electrons. The lowest BCUT2D eigenvalue weighted by atomic mass is 9.89. The van der Waals surface area contributed by atoms with Crippen LogP contribution in [-0.2, 0) is 17.6 Å². The molecule has 0 radical (unpaired) electrons. The van der Waals surface area contributed by atoms with Gasteiger partial charge in [-0.3, -0.25) is 4.79 Å². The molecule has 0 saturated carbocycles. The van der Waals surface area contributed by atoms with Gasteiger partial charge in [-0.05, 0) is 30.7 Å². The standard InChI is InChI=1S/C12H14N2OS/c1-7-3-4-9-10(6-13)12(14-8(2)15)16-11(9)5-7/h7H,3-5H2,1-2H3,(H,14,15)/t7-/m0/s1. The topological polar surface area (TPSA) is 52.9 Å². The van der Waals surface area contributed by atoms with Crippen LogP contribution in [0.3, 0.4) is 0 Å². The zero-order valence-corrected chi connectivity index (χ0v) is 10.3. The van der Waals surface area contributed by atoms with Crippen molar-refractivity contribution in [3.05, 3.63) is 16.0 Å². The van der Waals surface area contributed by atoms with Crippen LogP contribution in [0.2, 0.25) is 0 Å². The first-order valence-corrected chi connectivity index (χ1v) is 6.25. The predicted octanol–water partition coefficient (Wildman–Crippen LogP) is 2.70. The summed E-state index contributed by atoms with van der Waals surface area (Å²) in [7, 11) is 0. The molecular formula is C12H14N2OS. The van der Waals surface area contributed by atoms with Crippen LogP contribution in [0.15, 0.2) is 0 Å². The number of nitriles is 1. The van der Waals surface area contributed by atoms with Gasteiger partial charge in [0.25, 0.3) is 0 Å². The van der Waals surface area contributed by atoms with Crippen LogP contribution in [0, 0.1) is 17.2 Å². The molecule has 4 heteroatoms. The number of carbonyl (C=O) groups is 1. The van der Waals surface area contributed by atoms with E-state index in [4.69, 9.17) is 5.26 Å². The number of thiophene rings is 1. The average molecular weight is 234 g/mol. The number of nitrogens with zero attached hydrogens (tertiary/aromatic N) is 1. The summed E-state index contributed by atoms with van der Waals surface area (Å²) in [6.07, 6.45) is 3.14. The van der Waals surface area contributed by atoms with Crippen molar-refractivity contribution in [3.63, 3.8) is 0 Å². The number of hydrogen-bond acceptors (Lipinski definition) is 3. The molecule has 0 unspecified atom stereocenters. The third-order valence-corrected chi connectivity index (χ3v) is 4.08. The molecule has 0 spiro atoms. The summed E-state index contributed by atoms with van der Waals surface area (Å²) < 4.78 is 0. The molecule has 0 aliphatic heterocycles. The summed E-state index contributed by atoms with van der Waals surface area (Å²) >= 11 is 1.56. The van der Waals surface area contributed by atoms with Gasteiger partial charge in [-0.15, -0.1) is 11.3 Å². The van der Waals surface area contributed by atoms with Crippen molar-refractivity contribution in [2.45, 2.75) is 33.1 Å². The normalized spacial score (nSPS) is 18.7. The number of anilines is 1. The summed E-state index contributed by atoms with van der Waals surface area (Å²) in [5.41, 5.74) is 1.84. The summed E-state index contributed by atoms with van der Waals surface area (Å²) in [4.78, 5) is 12.3. The fourth-order valence-corrected chi connectivity index (χ4v) is 3.52. The Morgan fingerprint density at radius 1 is 1.62 bits per heavy atom. The van der Waals surface area contributed by atoms with Crippen LogP contribution in [0.1, 0.15) is 36.3 Å². The van der Waals surface area contributed by atoms with Gasteiger partial charge >= 0.3 is 0 Å². The third kappa shape index (κ3) is 1.96. The number of fused-ring (bicyclic) bond motifs is 1. The highest BCUT2D eigenvalue weighted by molar-refractivity contribution is 7.16. The summed E-state index contributed by atoms with van der Waals surface area (Å²) in [5, 5.41) is 12.6. The highest BCUT2D eigenvalue weighted by Gasteiger charge is 2.23. The zero-order chi connectivity index (χ0) is 11.7. The molecule has 16 heavy (non-hydrogen) atoms. The Morgan fingerprint density at radius 2 is 2.38 bits per heavy atom. The first-order chi connectivity index (χ1) is 7.61. The van der Waals surface area contributed by atoms with Gasteiger partial charge in [-0.2, -0.15) is 5.26 Å². The second-order valence-electron chi connectivity index (χ2n) is 4.35. The van der Waals surface area contributed by atoms with E-state index >= 15 is 0 Å². The van der Waals surface area contributed by atoms with Crippen molar-refractivity contribution in [2.24, 2.45) is 5.92 Å². The SMILES string of the molecule is CC(=O)Nc1sc2c(c1C#N)CC[C@H](C)C2. The van der Waals surface area contributed by atoms with E-state index in [9.17, 15) is 4.79 Å². The molecule has 3 nitrogen and oxygen atoms in total. The lowest BCUT2D eigenvalue weighted by Gasteiger charge is -2.17. The number of amides is 1. The Balaban J connectivity index is 2.41. The molecular weight excluding hydrogens is 220 g/mol. The summed E-state index contributed by atoms with van der Waals surface area (Å²) in [6, 6.07) is 2.22. The van der Waals surface area contributed by atoms with Crippen molar-refractivity contribution >= 4 is 22.2 Å². The van der Waals surface area contributed by atoms with Crippen LogP contribution >= 0.6 is 11.3 Å². The molecule has 1 aliphatic carbocycles. The summed E-state index contributed by atoms with van der Waals surface area (Å²) in [6.45, 7) is 3.70. The lowest BCUT2D eigenvalue weighted by molar-refractivity contribution is -0.114. The predicted molar refractivity (Wildman–Crippen MR) is 64.5 cm³/mol. The van der Waals surface area contributed by atoms with Crippen LogP contribution in [0.5, 0.6) is 0 Å². The first kappa shape index (κ1) is 11.2. The zero-order valence-electron chi connectivity index (χ0n) is 9.46. The molecule has 1 amide bonds. The molecule has 1 aromatic rings. The van der Waals surface area contributed by atoms with Crippen LogP contribution in [-0.4, -0.2) is 5.91 Å². The molecule has 1 heterocycles. The van der Waals surface area contributed by atoms with Gasteiger partial charge in [0.1, 0.15) is 11.1 Å². The van der Waals surface area contributed by atoms with Crippen LogP contribution in [0.4, 0.5) is 5.00 Å². The number of carbonyl (C=O) groups excluding carboxylic acids is 1. The van der Waals surface area contributed by atoms with Gasteiger partial charge in [0.2, 0.25) is 5.91 Å². The van der Waals surface area contributed by atoms with Gasteiger partial charge < -0.3 is 5.32 Å². The van der Waals surface area contributed by atoms with E-state index in [0.717, 1.165) is 29.8 Å². The Kier molecular flexibility index (Phi) is 2.97. The molecule has 1 atom stereocenters. The fourth-order valence-electron chi connectivity index (χ4n) is 2.12. The molecule has 0 saturated heterocycles. The second-order valence-corrected chi connectivity index (χ2v) is 5.45. The minimum absolute atomic E-state index is 0.108. The van der Waals surface area contributed by atoms with Gasteiger partial charge in [-0.1, -0.05) is 6.92 Å². The van der Waals surface area contributed by atoms with Crippen molar-refractivity contribution in [1.29, 1.82) is 5.26 Å². The minimum Gasteiger partial charge on any atom is -0.317 e. The maximum atomic E-state index is 11.0. The average Bonchev–Trinajstić information content (AvgIpc) is 2.52. The van der Waals surface area contributed by atoms with Crippen molar-refractivity contribution < 1.29 is 4.79 Å². The van der Waals surface area contributed by atoms with Gasteiger partial charge in [0, 0.05) is 11.8 Å². The molecule has 1 aromatic heterocycles. The van der Waals surface area contributed by atoms with Crippen LogP contribution < -0.4 is 5.32 Å². The number of rotatable bonds is 1. The number of hydrogen-bond donors (Lipinski definition) is 1. The third-order valence-electron chi connectivity index (χ3n) is 2.91. The van der Waals surface area contributed by atoms with Crippen molar-refractivity contribution in [1.82, 2.24) is 0 Å². The molecule has 0 aromatic carbocycles. The Morgan fingerprint density at radius 3 is 3.00 bits per heavy atom. The van der Waals surface area contributed by atoms with Gasteiger partial charge in [-0.25, -0.2) is 0 Å². The van der Waals surface area contributed by atoms with Crippen LogP contribution in [0.25, 0.3) is 0 Å². The van der Waals surface area contributed by atoms with Crippen molar-refractivity contribution in [3.8, 4) is 6.07 Å². The second kappa shape index (κ2) is 4.26. The quantitative estimate of drug-likeness (QED) is 0.812. The van der Waals surface area contributed by atoms with E-state index in [1.165, 1.54) is 11.8 Å². The Labute approximate surface area is 99.1 Å². The Bertz CT molecular complexity index is 470. The maximum absolute atomic E-state index is 11.0. The smallest absolute Gasteiger partial charge is 0.221 e. The fraction of sp³-hybridized carbons (Fsp3) is 0.500. The molecule has 2 rings (SSSR count). The lowest BCUT2D eigenvalue weighted by Crippen LogP contribution is -2.09. The largest absolute Gasteiger partial charge is 0.317 e. The van der Waals surface area contributed by atoms with E-state index < -0.39 is 0 Å². The van der Waals surface area contributed by atoms with E-state index in [1.54, 1.807) is 11.3 Å². The highest BCUT2D eigenvalue weighted by Crippen LogP contribution is 2.39. The van der Waals surface area contributed by atoms with Gasteiger partial charge in [0.15, 0.2) is 0 Å². The number of nitrogens with one attached hydrogen (secondary N) is 1. The van der Waals surface area contributed by atoms with E-state index in [-0.39, 0.29) is 5.91 Å². The van der Waals surface area contributed by atoms with E-state index in [1.807, 2.05) is 0 Å². The highest BCUT2D eigenvalue weighted by atomic mass is 32.1. The Hall–Kier alpha value is -1.34. The molecule has 1 N–H and O–H groups in total. The van der Waals surface area contributed by atoms with Crippen molar-refractivity contribution in [2.75, 3.05) is 5.32 Å². The monoisotopic (exact) mass is 234 g/mol.